The maximum Gasteiger partial charge on any atom is 0.258 e. The summed E-state index contributed by atoms with van der Waals surface area (Å²) in [6, 6.07) is 9.59. The van der Waals surface area contributed by atoms with Gasteiger partial charge in [-0.2, -0.15) is 0 Å². The van der Waals surface area contributed by atoms with E-state index < -0.39 is 5.82 Å². The number of nitrogens with one attached hydrogen (secondary N) is 1. The van der Waals surface area contributed by atoms with E-state index in [0.717, 1.165) is 5.69 Å². The minimum atomic E-state index is -0.450. The average Bonchev–Trinajstić information content (AvgIpc) is 2.56. The van der Waals surface area contributed by atoms with Gasteiger partial charge in [-0.15, -0.1) is 0 Å². The second-order valence-electron chi connectivity index (χ2n) is 4.61. The number of rotatable bonds is 3. The largest absolute Gasteiger partial charge is 0.340 e. The van der Waals surface area contributed by atoms with Gasteiger partial charge in [0.15, 0.2) is 0 Å². The summed E-state index contributed by atoms with van der Waals surface area (Å²) in [6.45, 7) is 0.582. The van der Waals surface area contributed by atoms with Gasteiger partial charge in [0.1, 0.15) is 11.6 Å². The molecule has 2 aromatic rings. The Kier molecular flexibility index (Phi) is 3.91. The summed E-state index contributed by atoms with van der Waals surface area (Å²) in [4.78, 5) is 22.3. The Bertz CT molecular complexity index is 757. The van der Waals surface area contributed by atoms with Crippen LogP contribution in [0.2, 0.25) is 0 Å². The maximum absolute atomic E-state index is 13.2. The third kappa shape index (κ3) is 3.01. The molecule has 0 radical (unpaired) electrons. The zero-order valence-electron chi connectivity index (χ0n) is 11.6. The molecule has 2 heterocycles. The van der Waals surface area contributed by atoms with E-state index in [1.807, 2.05) is 17.0 Å². The van der Waals surface area contributed by atoms with Crippen molar-refractivity contribution in [2.75, 3.05) is 16.8 Å². The molecule has 0 bridgehead atoms. The highest BCUT2D eigenvalue weighted by Gasteiger charge is 2.16. The van der Waals surface area contributed by atoms with Gasteiger partial charge in [0.2, 0.25) is 0 Å². The molecule has 22 heavy (non-hydrogen) atoms. The van der Waals surface area contributed by atoms with Gasteiger partial charge in [-0.25, -0.2) is 9.37 Å². The van der Waals surface area contributed by atoms with Gasteiger partial charge >= 0.3 is 0 Å². The van der Waals surface area contributed by atoms with Crippen LogP contribution in [0.5, 0.6) is 0 Å². The zero-order valence-corrected chi connectivity index (χ0v) is 11.6. The first-order valence-corrected chi connectivity index (χ1v) is 6.71. The number of hydrogen-bond acceptors (Lipinski definition) is 4. The van der Waals surface area contributed by atoms with Crippen molar-refractivity contribution >= 4 is 23.6 Å². The average molecular weight is 296 g/mol. The van der Waals surface area contributed by atoms with Crippen LogP contribution in [0.3, 0.4) is 0 Å². The standard InChI is InChI=1S/C16H13FN4O/c17-12-5-6-19-15(11-12)20-16(22)13-3-1-2-4-14(13)21-9-7-18-8-10-21/h1-9,11H,10H2,(H,19,20,22). The lowest BCUT2D eigenvalue weighted by Gasteiger charge is -2.22. The molecule has 5 nitrogen and oxygen atoms in total. The number of aromatic nitrogens is 1. The first kappa shape index (κ1) is 13.9. The second kappa shape index (κ2) is 6.17. The number of amides is 1. The van der Waals surface area contributed by atoms with Crippen LogP contribution in [0.15, 0.2) is 60.0 Å². The SMILES string of the molecule is O=C(Nc1cc(F)ccn1)c1ccccc1N1C=CN=CC1. The third-order valence-corrected chi connectivity index (χ3v) is 3.14. The van der Waals surface area contributed by atoms with Crippen LogP contribution < -0.4 is 10.2 Å². The molecule has 0 unspecified atom stereocenters. The molecule has 110 valence electrons. The van der Waals surface area contributed by atoms with Crippen molar-refractivity contribution < 1.29 is 9.18 Å². The smallest absolute Gasteiger partial charge is 0.258 e. The van der Waals surface area contributed by atoms with E-state index >= 15 is 0 Å². The number of hydrogen-bond donors (Lipinski definition) is 1. The van der Waals surface area contributed by atoms with E-state index in [1.54, 1.807) is 30.7 Å². The van der Waals surface area contributed by atoms with Crippen molar-refractivity contribution in [3.05, 3.63) is 66.4 Å². The second-order valence-corrected chi connectivity index (χ2v) is 4.61. The van der Waals surface area contributed by atoms with Crippen molar-refractivity contribution in [3.63, 3.8) is 0 Å². The molecule has 0 atom stereocenters. The molecular formula is C16H13FN4O. The quantitative estimate of drug-likeness (QED) is 0.947. The van der Waals surface area contributed by atoms with Gasteiger partial charge in [-0.3, -0.25) is 9.79 Å². The monoisotopic (exact) mass is 296 g/mol. The Morgan fingerprint density at radius 2 is 2.14 bits per heavy atom. The molecule has 0 fully saturated rings. The fourth-order valence-electron chi connectivity index (χ4n) is 2.13. The third-order valence-electron chi connectivity index (χ3n) is 3.14. The summed E-state index contributed by atoms with van der Waals surface area (Å²) >= 11 is 0. The summed E-state index contributed by atoms with van der Waals surface area (Å²) in [5.74, 6) is -0.617. The van der Waals surface area contributed by atoms with Crippen molar-refractivity contribution in [3.8, 4) is 0 Å². The van der Waals surface area contributed by atoms with E-state index in [2.05, 4.69) is 15.3 Å². The fraction of sp³-hybridized carbons (Fsp3) is 0.0625. The number of nitrogens with zero attached hydrogens (tertiary/aromatic N) is 3. The van der Waals surface area contributed by atoms with E-state index in [1.165, 1.54) is 18.3 Å². The molecule has 0 saturated heterocycles. The Labute approximate surface area is 126 Å². The van der Waals surface area contributed by atoms with Crippen LogP contribution in [0, 0.1) is 5.82 Å². The number of carbonyl (C=O) groups excluding carboxylic acids is 1. The highest BCUT2D eigenvalue weighted by atomic mass is 19.1. The van der Waals surface area contributed by atoms with Crippen molar-refractivity contribution in [1.82, 2.24) is 4.98 Å². The zero-order chi connectivity index (χ0) is 15.4. The highest BCUT2D eigenvalue weighted by molar-refractivity contribution is 6.08. The summed E-state index contributed by atoms with van der Waals surface area (Å²) < 4.78 is 13.2. The molecule has 1 aliphatic rings. The summed E-state index contributed by atoms with van der Waals surface area (Å²) in [5, 5.41) is 2.60. The summed E-state index contributed by atoms with van der Waals surface area (Å²) in [5.41, 5.74) is 1.23. The predicted octanol–water partition coefficient (Wildman–Crippen LogP) is 2.84. The van der Waals surface area contributed by atoms with Crippen LogP contribution in [0.4, 0.5) is 15.9 Å². The van der Waals surface area contributed by atoms with Gasteiger partial charge in [-0.05, 0) is 18.2 Å². The minimum Gasteiger partial charge on any atom is -0.340 e. The van der Waals surface area contributed by atoms with E-state index in [4.69, 9.17) is 0 Å². The molecule has 3 rings (SSSR count). The first-order chi connectivity index (χ1) is 10.7. The van der Waals surface area contributed by atoms with E-state index in [-0.39, 0.29) is 11.7 Å². The van der Waals surface area contributed by atoms with E-state index in [9.17, 15) is 9.18 Å². The minimum absolute atomic E-state index is 0.176. The van der Waals surface area contributed by atoms with Gasteiger partial charge < -0.3 is 10.2 Å². The number of pyridine rings is 1. The lowest BCUT2D eigenvalue weighted by atomic mass is 10.1. The number of aliphatic imine (C=N–C) groups is 1. The topological polar surface area (TPSA) is 57.6 Å². The Morgan fingerprint density at radius 3 is 2.91 bits per heavy atom. The number of anilines is 2. The molecule has 1 N–H and O–H groups in total. The normalized spacial score (nSPS) is 13.2. The number of para-hydroxylation sites is 1. The van der Waals surface area contributed by atoms with Gasteiger partial charge in [0.05, 0.1) is 17.8 Å². The Hall–Kier alpha value is -3.02. The maximum atomic E-state index is 13.2. The van der Waals surface area contributed by atoms with Crippen molar-refractivity contribution in [1.29, 1.82) is 0 Å². The molecule has 1 amide bonds. The number of halogens is 1. The molecule has 0 saturated carbocycles. The van der Waals surface area contributed by atoms with Gasteiger partial charge in [-0.1, -0.05) is 12.1 Å². The van der Waals surface area contributed by atoms with Crippen LogP contribution in [-0.4, -0.2) is 23.7 Å². The Balaban J connectivity index is 1.86. The number of benzene rings is 1. The molecule has 1 aromatic heterocycles. The summed E-state index contributed by atoms with van der Waals surface area (Å²) in [6.07, 6.45) is 6.52. The highest BCUT2D eigenvalue weighted by Crippen LogP contribution is 2.22. The molecule has 6 heteroatoms. The molecular weight excluding hydrogens is 283 g/mol. The van der Waals surface area contributed by atoms with Crippen molar-refractivity contribution in [2.45, 2.75) is 0 Å². The Morgan fingerprint density at radius 1 is 1.27 bits per heavy atom. The fourth-order valence-corrected chi connectivity index (χ4v) is 2.13. The lowest BCUT2D eigenvalue weighted by molar-refractivity contribution is 0.102. The molecule has 0 spiro atoms. The molecule has 1 aromatic carbocycles. The molecule has 0 aliphatic carbocycles. The van der Waals surface area contributed by atoms with Crippen molar-refractivity contribution in [2.24, 2.45) is 4.99 Å². The van der Waals surface area contributed by atoms with Crippen LogP contribution in [0.25, 0.3) is 0 Å². The van der Waals surface area contributed by atoms with Crippen LogP contribution >= 0.6 is 0 Å². The van der Waals surface area contributed by atoms with Gasteiger partial charge in [0, 0.05) is 30.9 Å². The predicted molar refractivity (Wildman–Crippen MR) is 83.6 cm³/mol. The van der Waals surface area contributed by atoms with Crippen LogP contribution in [0.1, 0.15) is 10.4 Å². The number of carbonyl (C=O) groups is 1. The van der Waals surface area contributed by atoms with E-state index in [0.29, 0.717) is 12.1 Å². The van der Waals surface area contributed by atoms with Crippen LogP contribution in [-0.2, 0) is 0 Å². The first-order valence-electron chi connectivity index (χ1n) is 6.71. The van der Waals surface area contributed by atoms with Gasteiger partial charge in [0.25, 0.3) is 5.91 Å². The lowest BCUT2D eigenvalue weighted by Crippen LogP contribution is -2.24. The summed E-state index contributed by atoms with van der Waals surface area (Å²) in [7, 11) is 0. The molecule has 1 aliphatic heterocycles.